The molecule has 0 spiro atoms. The van der Waals surface area contributed by atoms with Crippen LogP contribution in [0, 0.1) is 28.1 Å². The summed E-state index contributed by atoms with van der Waals surface area (Å²) in [7, 11) is 0. The quantitative estimate of drug-likeness (QED) is 0.548. The van der Waals surface area contributed by atoms with Crippen LogP contribution in [-0.2, 0) is 19.1 Å². The van der Waals surface area contributed by atoms with Gasteiger partial charge in [-0.3, -0.25) is 14.4 Å². The van der Waals surface area contributed by atoms with E-state index in [0.29, 0.717) is 6.42 Å². The molecule has 3 rings (SSSR count). The maximum atomic E-state index is 12.7. The van der Waals surface area contributed by atoms with E-state index in [9.17, 15) is 14.4 Å². The van der Waals surface area contributed by atoms with Crippen LogP contribution in [0.4, 0.5) is 0 Å². The molecule has 0 amide bonds. The Morgan fingerprint density at radius 2 is 1.94 bits per heavy atom. The number of carbonyl (C=O) groups is 3. The Kier molecular flexibility index (Phi) is 1.89. The van der Waals surface area contributed by atoms with Crippen molar-refractivity contribution in [2.24, 2.45) is 28.1 Å². The number of hydrogen-bond acceptors (Lipinski definition) is 4. The molecule has 0 radical (unpaired) electrons. The van der Waals surface area contributed by atoms with Crippen molar-refractivity contribution >= 4 is 17.5 Å². The molecule has 0 saturated heterocycles. The highest BCUT2D eigenvalue weighted by molar-refractivity contribution is 6.19. The molecule has 0 aromatic carbocycles. The number of ketones is 2. The van der Waals surface area contributed by atoms with Gasteiger partial charge in [-0.2, -0.15) is 0 Å². The van der Waals surface area contributed by atoms with Crippen molar-refractivity contribution < 1.29 is 19.1 Å². The Labute approximate surface area is 106 Å². The van der Waals surface area contributed by atoms with E-state index in [1.807, 2.05) is 6.92 Å². The molecule has 0 bridgehead atoms. The van der Waals surface area contributed by atoms with E-state index < -0.39 is 22.2 Å². The van der Waals surface area contributed by atoms with Crippen molar-refractivity contribution in [3.05, 3.63) is 0 Å². The minimum Gasteiger partial charge on any atom is -0.465 e. The van der Waals surface area contributed by atoms with Gasteiger partial charge in [0.05, 0.1) is 6.61 Å². The summed E-state index contributed by atoms with van der Waals surface area (Å²) in [6, 6.07) is 0. The largest absolute Gasteiger partial charge is 0.465 e. The van der Waals surface area contributed by atoms with E-state index in [1.54, 1.807) is 20.8 Å². The zero-order chi connectivity index (χ0) is 13.5. The van der Waals surface area contributed by atoms with Crippen molar-refractivity contribution in [2.45, 2.75) is 34.1 Å². The molecular formula is C14H18O4. The lowest BCUT2D eigenvalue weighted by atomic mass is 9.75. The summed E-state index contributed by atoms with van der Waals surface area (Å²) in [4.78, 5) is 37.0. The van der Waals surface area contributed by atoms with Crippen molar-refractivity contribution in [3.8, 4) is 0 Å². The van der Waals surface area contributed by atoms with Crippen LogP contribution in [0.1, 0.15) is 34.1 Å². The molecule has 4 nitrogen and oxygen atoms in total. The second-order valence-electron chi connectivity index (χ2n) is 6.60. The molecule has 0 N–H and O–H groups in total. The van der Waals surface area contributed by atoms with Gasteiger partial charge >= 0.3 is 5.97 Å². The van der Waals surface area contributed by atoms with E-state index in [1.165, 1.54) is 0 Å². The first-order chi connectivity index (χ1) is 8.26. The second kappa shape index (κ2) is 2.86. The molecule has 3 aliphatic rings. The van der Waals surface area contributed by atoms with Gasteiger partial charge in [0.15, 0.2) is 5.78 Å². The van der Waals surface area contributed by atoms with Gasteiger partial charge in [0.1, 0.15) is 11.2 Å². The fourth-order valence-corrected chi connectivity index (χ4v) is 4.81. The zero-order valence-corrected chi connectivity index (χ0v) is 11.2. The van der Waals surface area contributed by atoms with Crippen molar-refractivity contribution in [1.82, 2.24) is 0 Å². The van der Waals surface area contributed by atoms with Gasteiger partial charge in [0.25, 0.3) is 0 Å². The average molecular weight is 250 g/mol. The molecule has 0 aromatic heterocycles. The highest BCUT2D eigenvalue weighted by Crippen LogP contribution is 2.85. The Morgan fingerprint density at radius 3 is 2.50 bits per heavy atom. The molecule has 0 unspecified atom stereocenters. The van der Waals surface area contributed by atoms with Crippen LogP contribution in [0.2, 0.25) is 0 Å². The van der Waals surface area contributed by atoms with Crippen LogP contribution in [0.15, 0.2) is 0 Å². The highest BCUT2D eigenvalue weighted by atomic mass is 16.5. The van der Waals surface area contributed by atoms with Gasteiger partial charge in [0, 0.05) is 29.1 Å². The average Bonchev–Trinajstić information content (AvgIpc) is 2.54. The molecule has 0 aromatic rings. The fourth-order valence-electron chi connectivity index (χ4n) is 4.81. The molecule has 0 heterocycles. The Balaban J connectivity index is 2.12. The predicted octanol–water partition coefficient (Wildman–Crippen LogP) is 1.37. The van der Waals surface area contributed by atoms with Crippen LogP contribution >= 0.6 is 0 Å². The second-order valence-corrected chi connectivity index (χ2v) is 6.60. The maximum absolute atomic E-state index is 12.7. The normalized spacial score (nSPS) is 47.1. The van der Waals surface area contributed by atoms with Crippen LogP contribution < -0.4 is 0 Å². The van der Waals surface area contributed by atoms with Crippen LogP contribution in [0.25, 0.3) is 0 Å². The lowest BCUT2D eigenvalue weighted by Crippen LogP contribution is -2.38. The van der Waals surface area contributed by atoms with Crippen molar-refractivity contribution in [1.29, 1.82) is 0 Å². The van der Waals surface area contributed by atoms with Gasteiger partial charge in [-0.1, -0.05) is 20.8 Å². The number of carbonyl (C=O) groups excluding carboxylic acids is 3. The molecule has 0 aliphatic heterocycles. The first-order valence-corrected chi connectivity index (χ1v) is 6.51. The van der Waals surface area contributed by atoms with Gasteiger partial charge in [-0.15, -0.1) is 0 Å². The maximum Gasteiger partial charge on any atom is 0.320 e. The molecule has 3 fully saturated rings. The van der Waals surface area contributed by atoms with Crippen LogP contribution in [-0.4, -0.2) is 24.1 Å². The van der Waals surface area contributed by atoms with Gasteiger partial charge in [0.2, 0.25) is 0 Å². The lowest BCUT2D eigenvalue weighted by molar-refractivity contribution is -0.156. The summed E-state index contributed by atoms with van der Waals surface area (Å²) in [6.07, 6.45) is 0.344. The monoisotopic (exact) mass is 250 g/mol. The third kappa shape index (κ3) is 0.845. The SMILES string of the molecule is CCOC(=O)[C@]12C(=O)C(C)(C)[C@@H]3C(=O)C[C@@]1(C)[C@@H]32. The van der Waals surface area contributed by atoms with E-state index in [-0.39, 0.29) is 30.0 Å². The minimum atomic E-state index is -1.02. The fraction of sp³-hybridized carbons (Fsp3) is 0.786. The summed E-state index contributed by atoms with van der Waals surface area (Å²) >= 11 is 0. The summed E-state index contributed by atoms with van der Waals surface area (Å²) in [5.41, 5.74) is -2.22. The van der Waals surface area contributed by atoms with Gasteiger partial charge in [-0.05, 0) is 6.92 Å². The van der Waals surface area contributed by atoms with Gasteiger partial charge in [-0.25, -0.2) is 0 Å². The molecule has 3 aliphatic carbocycles. The smallest absolute Gasteiger partial charge is 0.320 e. The zero-order valence-electron chi connectivity index (χ0n) is 11.2. The first kappa shape index (κ1) is 11.9. The molecule has 4 atom stereocenters. The topological polar surface area (TPSA) is 60.4 Å². The van der Waals surface area contributed by atoms with Crippen LogP contribution in [0.3, 0.4) is 0 Å². The third-order valence-corrected chi connectivity index (χ3v) is 5.51. The molecule has 3 saturated carbocycles. The number of fused-ring (bicyclic) bond motifs is 1. The standard InChI is InChI=1S/C14H18O4/c1-5-18-11(17)14-9-8(12(2,3)10(14)16)7(15)6-13(9,14)4/h8-9H,5-6H2,1-4H3/t8-,9-,13+,14+/m1/s1. The van der Waals surface area contributed by atoms with E-state index in [2.05, 4.69) is 0 Å². The van der Waals surface area contributed by atoms with E-state index in [4.69, 9.17) is 4.74 Å². The number of hydrogen-bond donors (Lipinski definition) is 0. The Bertz CT molecular complexity index is 492. The number of rotatable bonds is 2. The van der Waals surface area contributed by atoms with E-state index >= 15 is 0 Å². The first-order valence-electron chi connectivity index (χ1n) is 6.51. The summed E-state index contributed by atoms with van der Waals surface area (Å²) in [6.45, 7) is 7.48. The third-order valence-electron chi connectivity index (χ3n) is 5.51. The summed E-state index contributed by atoms with van der Waals surface area (Å²) < 4.78 is 5.12. The molecule has 4 heteroatoms. The minimum absolute atomic E-state index is 0.0863. The summed E-state index contributed by atoms with van der Waals surface area (Å²) in [5.74, 6) is -0.779. The van der Waals surface area contributed by atoms with Gasteiger partial charge < -0.3 is 4.74 Å². The number of ether oxygens (including phenoxy) is 1. The lowest BCUT2D eigenvalue weighted by Gasteiger charge is -2.26. The van der Waals surface area contributed by atoms with E-state index in [0.717, 1.165) is 0 Å². The Morgan fingerprint density at radius 1 is 1.33 bits per heavy atom. The predicted molar refractivity (Wildman–Crippen MR) is 62.6 cm³/mol. The Hall–Kier alpha value is -1.19. The number of Topliss-reactive ketones (excluding diaryl/α,β-unsaturated/α-hetero) is 2. The van der Waals surface area contributed by atoms with Crippen LogP contribution in [0.5, 0.6) is 0 Å². The van der Waals surface area contributed by atoms with Crippen molar-refractivity contribution in [2.75, 3.05) is 6.61 Å². The number of esters is 1. The molecule has 18 heavy (non-hydrogen) atoms. The molecular weight excluding hydrogens is 232 g/mol. The van der Waals surface area contributed by atoms with Crippen molar-refractivity contribution in [3.63, 3.8) is 0 Å². The summed E-state index contributed by atoms with van der Waals surface area (Å²) in [5, 5.41) is 0. The highest BCUT2D eigenvalue weighted by Gasteiger charge is 2.94. The molecule has 98 valence electrons.